The van der Waals surface area contributed by atoms with E-state index in [2.05, 4.69) is 10.3 Å². The number of ketones is 1. The normalized spacial score (nSPS) is 11.1. The second-order valence-corrected chi connectivity index (χ2v) is 8.69. The van der Waals surface area contributed by atoms with Gasteiger partial charge in [0.25, 0.3) is 5.91 Å². The molecule has 0 saturated heterocycles. The van der Waals surface area contributed by atoms with Gasteiger partial charge in [0.1, 0.15) is 11.4 Å². The molecule has 0 radical (unpaired) electrons. The van der Waals surface area contributed by atoms with Crippen LogP contribution in [0.3, 0.4) is 0 Å². The molecule has 0 fully saturated rings. The maximum atomic E-state index is 12.6. The lowest BCUT2D eigenvalue weighted by molar-refractivity contribution is -0.124. The summed E-state index contributed by atoms with van der Waals surface area (Å²) in [5.41, 5.74) is -0.152. The summed E-state index contributed by atoms with van der Waals surface area (Å²) in [7, 11) is 0. The van der Waals surface area contributed by atoms with Crippen molar-refractivity contribution in [1.82, 2.24) is 4.98 Å². The molecule has 0 atom stereocenters. The number of benzene rings is 1. The number of hydrogen-bond acceptors (Lipinski definition) is 5. The zero-order chi connectivity index (χ0) is 23.2. The SMILES string of the molecule is CCCCN(CC(=O)C(C)(C)C)c1ncc(NC(=O)c2ccccc2Cl)cc1C(=O)O. The number of Topliss-reactive ketones (excluding diaryl/α,β-unsaturated/α-hetero) is 1. The van der Waals surface area contributed by atoms with Crippen molar-refractivity contribution < 1.29 is 19.5 Å². The van der Waals surface area contributed by atoms with E-state index >= 15 is 0 Å². The molecule has 2 aromatic rings. The van der Waals surface area contributed by atoms with Gasteiger partial charge in [-0.25, -0.2) is 9.78 Å². The van der Waals surface area contributed by atoms with Crippen molar-refractivity contribution in [2.75, 3.05) is 23.3 Å². The molecule has 2 rings (SSSR count). The number of carboxylic acids is 1. The predicted molar refractivity (Wildman–Crippen MR) is 122 cm³/mol. The number of carbonyl (C=O) groups excluding carboxylic acids is 2. The van der Waals surface area contributed by atoms with Gasteiger partial charge in [-0.1, -0.05) is 57.8 Å². The fourth-order valence-corrected chi connectivity index (χ4v) is 3.02. The monoisotopic (exact) mass is 445 g/mol. The molecule has 0 aliphatic rings. The first-order valence-corrected chi connectivity index (χ1v) is 10.5. The summed E-state index contributed by atoms with van der Waals surface area (Å²) in [5, 5.41) is 12.7. The Balaban J connectivity index is 2.36. The molecular formula is C23H28ClN3O4. The number of aromatic nitrogens is 1. The first kappa shape index (κ1) is 24.3. The van der Waals surface area contributed by atoms with E-state index in [1.807, 2.05) is 27.7 Å². The van der Waals surface area contributed by atoms with Crippen LogP contribution in [-0.4, -0.2) is 40.8 Å². The summed E-state index contributed by atoms with van der Waals surface area (Å²) < 4.78 is 0. The van der Waals surface area contributed by atoms with Gasteiger partial charge in [-0.15, -0.1) is 0 Å². The largest absolute Gasteiger partial charge is 0.478 e. The average Bonchev–Trinajstić information content (AvgIpc) is 2.70. The van der Waals surface area contributed by atoms with Gasteiger partial charge in [-0.05, 0) is 24.6 Å². The van der Waals surface area contributed by atoms with Crippen molar-refractivity contribution in [3.63, 3.8) is 0 Å². The van der Waals surface area contributed by atoms with Crippen molar-refractivity contribution in [2.45, 2.75) is 40.5 Å². The third kappa shape index (κ3) is 6.52. The van der Waals surface area contributed by atoms with Crippen LogP contribution >= 0.6 is 11.6 Å². The Morgan fingerprint density at radius 2 is 1.84 bits per heavy atom. The van der Waals surface area contributed by atoms with Crippen LogP contribution in [0.5, 0.6) is 0 Å². The Bertz CT molecular complexity index is 970. The minimum Gasteiger partial charge on any atom is -0.478 e. The van der Waals surface area contributed by atoms with E-state index in [4.69, 9.17) is 11.6 Å². The van der Waals surface area contributed by atoms with Crippen molar-refractivity contribution in [2.24, 2.45) is 5.41 Å². The first-order valence-electron chi connectivity index (χ1n) is 10.1. The molecule has 0 bridgehead atoms. The molecule has 1 amide bonds. The van der Waals surface area contributed by atoms with Crippen LogP contribution in [0.1, 0.15) is 61.3 Å². The number of rotatable bonds is 9. The molecule has 166 valence electrons. The van der Waals surface area contributed by atoms with E-state index in [9.17, 15) is 19.5 Å². The standard InChI is InChI=1S/C23H28ClN3O4/c1-5-6-11-27(14-19(28)23(2,3)4)20-17(22(30)31)12-15(13-25-20)26-21(29)16-9-7-8-10-18(16)24/h7-10,12-13H,5-6,11,14H2,1-4H3,(H,26,29)(H,30,31). The van der Waals surface area contributed by atoms with Crippen LogP contribution in [0.4, 0.5) is 11.5 Å². The second kappa shape index (κ2) is 10.4. The molecule has 1 aromatic carbocycles. The van der Waals surface area contributed by atoms with Crippen molar-refractivity contribution in [1.29, 1.82) is 0 Å². The highest BCUT2D eigenvalue weighted by molar-refractivity contribution is 6.34. The molecule has 1 aromatic heterocycles. The molecule has 1 heterocycles. The number of aromatic carboxylic acids is 1. The van der Waals surface area contributed by atoms with Crippen LogP contribution in [-0.2, 0) is 4.79 Å². The summed E-state index contributed by atoms with van der Waals surface area (Å²) in [6.45, 7) is 8.05. The Morgan fingerprint density at radius 1 is 1.16 bits per heavy atom. The van der Waals surface area contributed by atoms with Crippen LogP contribution in [0.25, 0.3) is 0 Å². The number of amides is 1. The minimum absolute atomic E-state index is 0.0159. The lowest BCUT2D eigenvalue weighted by Crippen LogP contribution is -2.37. The highest BCUT2D eigenvalue weighted by Crippen LogP contribution is 2.25. The smallest absolute Gasteiger partial charge is 0.339 e. The van der Waals surface area contributed by atoms with E-state index in [1.165, 1.54) is 12.3 Å². The number of anilines is 2. The van der Waals surface area contributed by atoms with Gasteiger partial charge in [0, 0.05) is 12.0 Å². The predicted octanol–water partition coefficient (Wildman–Crippen LogP) is 4.91. The van der Waals surface area contributed by atoms with E-state index < -0.39 is 17.3 Å². The molecule has 0 unspecified atom stereocenters. The molecule has 0 aliphatic heterocycles. The molecule has 0 saturated carbocycles. The Labute approximate surface area is 187 Å². The van der Waals surface area contributed by atoms with Gasteiger partial charge in [0.15, 0.2) is 5.78 Å². The van der Waals surface area contributed by atoms with Crippen molar-refractivity contribution in [3.8, 4) is 0 Å². The van der Waals surface area contributed by atoms with Crippen LogP contribution in [0, 0.1) is 5.41 Å². The molecule has 8 heteroatoms. The number of nitrogens with one attached hydrogen (secondary N) is 1. The van der Waals surface area contributed by atoms with Crippen LogP contribution in [0.2, 0.25) is 5.02 Å². The van der Waals surface area contributed by atoms with Gasteiger partial charge in [-0.2, -0.15) is 0 Å². The van der Waals surface area contributed by atoms with E-state index in [0.717, 1.165) is 12.8 Å². The van der Waals surface area contributed by atoms with E-state index in [0.29, 0.717) is 6.54 Å². The lowest BCUT2D eigenvalue weighted by atomic mass is 9.90. The number of unbranched alkanes of at least 4 members (excludes halogenated alkanes) is 1. The topological polar surface area (TPSA) is 99.6 Å². The second-order valence-electron chi connectivity index (χ2n) is 8.28. The number of pyridine rings is 1. The van der Waals surface area contributed by atoms with Gasteiger partial charge < -0.3 is 15.3 Å². The van der Waals surface area contributed by atoms with E-state index in [-0.39, 0.29) is 40.0 Å². The zero-order valence-electron chi connectivity index (χ0n) is 18.2. The Hall–Kier alpha value is -2.93. The number of hydrogen-bond donors (Lipinski definition) is 2. The highest BCUT2D eigenvalue weighted by atomic mass is 35.5. The number of carboxylic acid groups (broad SMARTS) is 1. The number of carbonyl (C=O) groups is 3. The summed E-state index contributed by atoms with van der Waals surface area (Å²) >= 11 is 6.06. The minimum atomic E-state index is -1.19. The average molecular weight is 446 g/mol. The summed E-state index contributed by atoms with van der Waals surface area (Å²) in [6, 6.07) is 7.91. The zero-order valence-corrected chi connectivity index (χ0v) is 19.0. The van der Waals surface area contributed by atoms with Gasteiger partial charge in [0.2, 0.25) is 0 Å². The fraction of sp³-hybridized carbons (Fsp3) is 0.391. The first-order chi connectivity index (χ1) is 14.5. The van der Waals surface area contributed by atoms with E-state index in [1.54, 1.807) is 29.2 Å². The van der Waals surface area contributed by atoms with Crippen molar-refractivity contribution >= 4 is 40.8 Å². The number of nitrogens with zero attached hydrogens (tertiary/aromatic N) is 2. The Morgan fingerprint density at radius 3 is 2.42 bits per heavy atom. The quantitative estimate of drug-likeness (QED) is 0.569. The molecular weight excluding hydrogens is 418 g/mol. The third-order valence-electron chi connectivity index (χ3n) is 4.73. The summed E-state index contributed by atoms with van der Waals surface area (Å²) in [5.74, 6) is -1.48. The van der Waals surface area contributed by atoms with Gasteiger partial charge >= 0.3 is 5.97 Å². The molecule has 31 heavy (non-hydrogen) atoms. The van der Waals surface area contributed by atoms with Crippen molar-refractivity contribution in [3.05, 3.63) is 52.7 Å². The Kier molecular flexibility index (Phi) is 8.16. The lowest BCUT2D eigenvalue weighted by Gasteiger charge is -2.28. The van der Waals surface area contributed by atoms with Crippen LogP contribution < -0.4 is 10.2 Å². The molecule has 7 nitrogen and oxygen atoms in total. The fourth-order valence-electron chi connectivity index (χ4n) is 2.80. The van der Waals surface area contributed by atoms with Crippen LogP contribution in [0.15, 0.2) is 36.5 Å². The maximum Gasteiger partial charge on any atom is 0.339 e. The number of halogens is 1. The molecule has 2 N–H and O–H groups in total. The third-order valence-corrected chi connectivity index (χ3v) is 5.06. The highest BCUT2D eigenvalue weighted by Gasteiger charge is 2.26. The maximum absolute atomic E-state index is 12.6. The molecule has 0 aliphatic carbocycles. The van der Waals surface area contributed by atoms with Gasteiger partial charge in [0.05, 0.1) is 29.0 Å². The summed E-state index contributed by atoms with van der Waals surface area (Å²) in [6.07, 6.45) is 3.05. The summed E-state index contributed by atoms with van der Waals surface area (Å²) in [4.78, 5) is 43.1. The van der Waals surface area contributed by atoms with Gasteiger partial charge in [-0.3, -0.25) is 9.59 Å². The molecule has 0 spiro atoms.